The van der Waals surface area contributed by atoms with Crippen molar-refractivity contribution in [2.45, 2.75) is 518 Å². The maximum absolute atomic E-state index is 13.7. The number of aliphatic hydroxyl groups is 2. The minimum Gasteiger partial charge on any atom is -0.462 e. The number of Topliss-reactive ketones (excluding diaryl/α,β-unsaturated/α-hetero) is 2. The first-order valence-electron chi connectivity index (χ1n) is 54.9. The van der Waals surface area contributed by atoms with Gasteiger partial charge in [0.15, 0.2) is 28.4 Å². The van der Waals surface area contributed by atoms with Crippen molar-refractivity contribution >= 4 is 74.1 Å². The molecule has 29 nitrogen and oxygen atoms in total. The Balaban J connectivity index is 0.000000198. The molecule has 0 spiro atoms. The third-order valence-electron chi connectivity index (χ3n) is 32.8. The number of nitrogens with one attached hydrogen (secondary N) is 1. The van der Waals surface area contributed by atoms with Gasteiger partial charge < -0.3 is 36.5 Å². The Labute approximate surface area is 891 Å². The highest BCUT2D eigenvalue weighted by atomic mass is 35.5. The van der Waals surface area contributed by atoms with Crippen LogP contribution in [0.2, 0.25) is 15.7 Å². The van der Waals surface area contributed by atoms with Crippen molar-refractivity contribution in [2.75, 3.05) is 77.9 Å². The lowest BCUT2D eigenvalue weighted by Gasteiger charge is -2.47. The van der Waals surface area contributed by atoms with E-state index in [1.165, 1.54) is 162 Å². The van der Waals surface area contributed by atoms with Crippen molar-refractivity contribution < 1.29 is 60.2 Å². The Hall–Kier alpha value is -5.17. The van der Waals surface area contributed by atoms with E-state index < -0.39 is 21.8 Å². The van der Waals surface area contributed by atoms with E-state index >= 15 is 0 Å². The summed E-state index contributed by atoms with van der Waals surface area (Å²) in [6, 6.07) is 12.7. The Kier molecular flexibility index (Phi) is 49.0. The number of allylic oxidation sites excluding steroid dienone is 2. The highest BCUT2D eigenvalue weighted by Crippen LogP contribution is 2.46. The van der Waals surface area contributed by atoms with Crippen LogP contribution in [-0.2, 0) is 43.0 Å². The normalized spacial score (nSPS) is 29.8. The van der Waals surface area contributed by atoms with Gasteiger partial charge in [0.2, 0.25) is 10.6 Å². The van der Waals surface area contributed by atoms with Crippen LogP contribution in [0.25, 0.3) is 10.4 Å². The number of aryl methyl sites for hydroxylation is 1. The molecule has 3 unspecified atom stereocenters. The number of ether oxygens (including phenoxy) is 2. The van der Waals surface area contributed by atoms with Crippen molar-refractivity contribution in [3.63, 3.8) is 0 Å². The number of nitrogens with zero attached hydrogens (tertiary/aromatic N) is 15. The number of azide groups is 1. The number of aromatic nitrogens is 4. The van der Waals surface area contributed by atoms with Crippen LogP contribution in [0.5, 0.6) is 0 Å². The highest BCUT2D eigenvalue weighted by Gasteiger charge is 2.51. The molecule has 3 aromatic rings. The van der Waals surface area contributed by atoms with E-state index in [1.807, 2.05) is 27.7 Å². The molecule has 146 heavy (non-hydrogen) atoms. The van der Waals surface area contributed by atoms with Crippen LogP contribution < -0.4 is 16.8 Å². The Morgan fingerprint density at radius 2 is 0.932 bits per heavy atom. The van der Waals surface area contributed by atoms with E-state index in [1.54, 1.807) is 37.3 Å². The van der Waals surface area contributed by atoms with E-state index in [9.17, 15) is 41.5 Å². The monoisotopic (exact) mass is 2130 g/mol. The van der Waals surface area contributed by atoms with Gasteiger partial charge in [-0.05, 0) is 438 Å². The fourth-order valence-electron chi connectivity index (χ4n) is 27.2. The number of aliphatic hydroxyl groups excluding tert-OH is 2. The summed E-state index contributed by atoms with van der Waals surface area (Å²) in [5.41, 5.74) is 23.4. The lowest BCUT2D eigenvalue weighted by Crippen LogP contribution is -2.55. The Morgan fingerprint density at radius 1 is 0.548 bits per heavy atom. The van der Waals surface area contributed by atoms with Crippen molar-refractivity contribution in [2.24, 2.45) is 16.6 Å². The third kappa shape index (κ3) is 37.9. The van der Waals surface area contributed by atoms with Crippen LogP contribution in [-0.4, -0.2) is 309 Å². The predicted molar refractivity (Wildman–Crippen MR) is 584 cm³/mol. The lowest BCUT2D eigenvalue weighted by molar-refractivity contribution is -0.152. The van der Waals surface area contributed by atoms with Crippen LogP contribution >= 0.6 is 34.8 Å². The predicted octanol–water partition coefficient (Wildman–Crippen LogP) is 21.0. The summed E-state index contributed by atoms with van der Waals surface area (Å²) in [5.74, 6) is 0.0212. The smallest absolute Gasteiger partial charge is 0.302 e. The molecule has 7 N–H and O–H groups in total. The summed E-state index contributed by atoms with van der Waals surface area (Å²) >= 11 is 16.2. The van der Waals surface area contributed by atoms with Gasteiger partial charge in [-0.15, -0.1) is 0 Å². The second-order valence-corrected chi connectivity index (χ2v) is 51.5. The number of hydrogen-bond acceptors (Lipinski definition) is 27. The lowest BCUT2D eigenvalue weighted by atomic mass is 9.84. The molecule has 15 atom stereocenters. The summed E-state index contributed by atoms with van der Waals surface area (Å²) in [5, 5.41) is 23.5. The molecule has 19 rings (SSSR count). The summed E-state index contributed by atoms with van der Waals surface area (Å²) in [6.07, 6.45) is 41.5. The maximum atomic E-state index is 13.7. The number of halogens is 5. The van der Waals surface area contributed by atoms with Gasteiger partial charge in [-0.2, -0.15) is 13.4 Å². The second kappa shape index (κ2) is 56.8. The molecule has 16 aliphatic heterocycles. The number of rotatable bonds is 13. The molecule has 0 radical (unpaired) electrons. The maximum Gasteiger partial charge on any atom is 0.302 e. The average molecular weight is 2130 g/mol. The fourth-order valence-corrected chi connectivity index (χ4v) is 28.7. The topological polar surface area (TPSA) is 361 Å². The Morgan fingerprint density at radius 3 is 1.35 bits per heavy atom. The fraction of sp³-hybridized carbons (Fsp3) is 0.820. The average Bonchev–Trinajstić information content (AvgIpc) is 1.45. The molecule has 0 bridgehead atoms. The van der Waals surface area contributed by atoms with Gasteiger partial charge >= 0.3 is 5.97 Å². The summed E-state index contributed by atoms with van der Waals surface area (Å²) in [6.45, 7) is 60.1. The molecule has 0 saturated carbocycles. The van der Waals surface area contributed by atoms with Gasteiger partial charge in [-0.3, -0.25) is 62.6 Å². The molecular formula is C111H189Cl3F2N18O11S. The first-order valence-corrected chi connectivity index (χ1v) is 57.4. The number of benzene rings is 1. The van der Waals surface area contributed by atoms with Crippen molar-refractivity contribution in [3.8, 4) is 0 Å². The first kappa shape index (κ1) is 126. The number of nitrogens with two attached hydrogens (primary N) is 2. The van der Waals surface area contributed by atoms with Crippen LogP contribution in [0.15, 0.2) is 58.3 Å². The van der Waals surface area contributed by atoms with Crippen molar-refractivity contribution in [1.82, 2.24) is 59.1 Å². The van der Waals surface area contributed by atoms with Gasteiger partial charge in [0.05, 0.1) is 35.6 Å². The van der Waals surface area contributed by atoms with Crippen molar-refractivity contribution in [3.05, 3.63) is 91.7 Å². The zero-order valence-electron chi connectivity index (χ0n) is 93.5. The molecule has 0 aliphatic carbocycles. The second-order valence-electron chi connectivity index (χ2n) is 48.9. The number of fused-ring (bicyclic) bond motifs is 8. The van der Waals surface area contributed by atoms with E-state index in [0.29, 0.717) is 71.5 Å². The van der Waals surface area contributed by atoms with E-state index in [-0.39, 0.29) is 107 Å². The molecular weight excluding hydrogens is 1940 g/mol. The van der Waals surface area contributed by atoms with E-state index in [4.69, 9.17) is 70.6 Å². The molecule has 16 fully saturated rings. The van der Waals surface area contributed by atoms with Crippen molar-refractivity contribution in [1.29, 1.82) is 0 Å². The zero-order valence-corrected chi connectivity index (χ0v) is 96.6. The largest absolute Gasteiger partial charge is 0.462 e. The molecule has 0 amide bonds. The van der Waals surface area contributed by atoms with Crippen LogP contribution in [0.1, 0.15) is 376 Å². The first-order chi connectivity index (χ1) is 68.4. The molecule has 35 heteroatoms. The number of carbonyl (C=O) groups excluding carboxylic acids is 4. The molecule has 1 aromatic carbocycles. The molecule has 830 valence electrons. The number of esters is 1. The van der Waals surface area contributed by atoms with Crippen LogP contribution in [0.3, 0.4) is 0 Å². The standard InChI is InChI=1S/C17H25NO3S.C14H20ClFN4.C12H21NO2.C10H18N4.C10H20N2.C10H19NO.2C10H17NO.C7H17NO.C6H10O.C4HCl2FN2.CH4O/c1-13-6-8-16(9-7-13)22(19,20)21-15-11-14-5-4-10-18(14)17(2,3)12-15;1-14(2)7-9(6-10-4-3-5-20(10)14)18-12-11(16)8-17-13(15)19-12;1-9(14)15-11-7-10-5-4-6-13(10)12(2,3)8-11;1-10(2)7-8(12-13-11)6-9-4-3-5-14(9)10;1-10(2)7-8(11)6-9-4-3-5-12(9)10;3*1-10(2)7-9(12)6-8-4-3-5-11(8)10;1-3-9-7(2)5-4-6-8;1-5(2)4-6(3)7;5-3-2(7)1-8-4(6)9-3;1-2/h6-9,14-15H,4-5,10-12H2,1-3H3;8-10H,3-7H2,1-2H3,(H,17,18,19);10-11H,4-8H2,1-3H3;8-9H,3-7H2,1-2H3;8-9H,3-7,11H2,1-2H3;8-9,12H,3-7H2,1-2H3;2*8H,3-7H2,1-2H3;7H,3-6,8H2,1-2H3;4H,1-3H3;1H;2H,1H3/t14-,15-;9-,10+;10-,11-;2*8-,9+;8-,9-;;;;;;/m011110....../s1. The van der Waals surface area contributed by atoms with Gasteiger partial charge in [0, 0.05) is 175 Å². The number of carbonyl (C=O) groups is 4. The minimum absolute atomic E-state index is 0.00682. The Bertz CT molecular complexity index is 4690. The number of ketones is 3. The minimum atomic E-state index is -3.67. The number of piperidine rings is 8. The highest BCUT2D eigenvalue weighted by molar-refractivity contribution is 7.86. The molecule has 16 saturated heterocycles. The van der Waals surface area contributed by atoms with Gasteiger partial charge in [-0.25, -0.2) is 23.7 Å². The third-order valence-corrected chi connectivity index (χ3v) is 34.8. The SMILES string of the molecule is CC(=O)C=C(C)C.CC(=O)O[C@@H]1C[C@H]2CCCN2C(C)(C)C1.CC1(C)CC(=O)CC2CCCN21.CC1(C)CC(=O)CC2CCCN21.CC1(C)C[C@@H](O)C[C@@H]2CCCN21.CC1(C)C[C@H](N)C[C@@H]2CCCN21.CC1(C)C[C@H](N=[N+]=[N-])C[C@@H]2CCCN21.CC1(C)C[C@H](Nc2nc(Cl)ncc2F)C[C@@H]2CCCN21.CCOC(C)CCCN.CO.Cc1ccc(S(=O)(=O)O[C@H]2C[C@@H]3CCCN3C(C)(C)C2)cc1.Fc1cnc(Cl)nc1Cl. The number of hydrogen-bond donors (Lipinski definition) is 5. The molecule has 16 aliphatic rings. The summed E-state index contributed by atoms with van der Waals surface area (Å²) < 4.78 is 67.1. The summed E-state index contributed by atoms with van der Waals surface area (Å²) in [4.78, 5) is 82.0. The van der Waals surface area contributed by atoms with Gasteiger partial charge in [0.25, 0.3) is 10.1 Å². The molecule has 2 aromatic heterocycles. The summed E-state index contributed by atoms with van der Waals surface area (Å²) in [7, 11) is -2.67. The van der Waals surface area contributed by atoms with E-state index in [0.717, 1.165) is 166 Å². The molecule has 18 heterocycles. The van der Waals surface area contributed by atoms with Crippen LogP contribution in [0.4, 0.5) is 14.6 Å². The van der Waals surface area contributed by atoms with Gasteiger partial charge in [-0.1, -0.05) is 40.0 Å². The van der Waals surface area contributed by atoms with Gasteiger partial charge in [0.1, 0.15) is 17.7 Å². The quantitative estimate of drug-likeness (QED) is 0.0155. The zero-order chi connectivity index (χ0) is 108. The van der Waals surface area contributed by atoms with E-state index in [2.05, 4.69) is 192 Å². The van der Waals surface area contributed by atoms with Crippen LogP contribution in [0, 0.1) is 18.6 Å². The number of anilines is 1.